The van der Waals surface area contributed by atoms with Crippen LogP contribution >= 0.6 is 11.3 Å². The fourth-order valence-electron chi connectivity index (χ4n) is 2.33. The van der Waals surface area contributed by atoms with Gasteiger partial charge in [0.05, 0.1) is 11.6 Å². The Labute approximate surface area is 135 Å². The van der Waals surface area contributed by atoms with Gasteiger partial charge in [-0.15, -0.1) is 11.3 Å². The molecular weight excluding hydrogens is 296 g/mol. The zero-order valence-corrected chi connectivity index (χ0v) is 13.8. The largest absolute Gasteiger partial charge is 0.481 e. The van der Waals surface area contributed by atoms with Crippen molar-refractivity contribution in [3.63, 3.8) is 0 Å². The minimum Gasteiger partial charge on any atom is -0.481 e. The van der Waals surface area contributed by atoms with Crippen molar-refractivity contribution in [1.82, 2.24) is 10.3 Å². The lowest BCUT2D eigenvalue weighted by Crippen LogP contribution is -2.29. The molecule has 118 valence electrons. The number of carboxylic acids is 1. The quantitative estimate of drug-likeness (QED) is 0.780. The van der Waals surface area contributed by atoms with Crippen LogP contribution in [0.2, 0.25) is 0 Å². The van der Waals surface area contributed by atoms with Crippen LogP contribution in [0.15, 0.2) is 35.7 Å². The van der Waals surface area contributed by atoms with Crippen LogP contribution in [0.4, 0.5) is 0 Å². The summed E-state index contributed by atoms with van der Waals surface area (Å²) in [5, 5.41) is 15.5. The highest BCUT2D eigenvalue weighted by atomic mass is 32.1. The van der Waals surface area contributed by atoms with E-state index in [1.165, 1.54) is 0 Å². The summed E-state index contributed by atoms with van der Waals surface area (Å²) in [5.41, 5.74) is 2.08. The first-order valence-electron chi connectivity index (χ1n) is 7.49. The lowest BCUT2D eigenvalue weighted by Gasteiger charge is -2.14. The molecule has 0 aliphatic carbocycles. The maximum atomic E-state index is 11.2. The van der Waals surface area contributed by atoms with Gasteiger partial charge in [0.25, 0.3) is 0 Å². The second-order valence-electron chi connectivity index (χ2n) is 5.79. The van der Waals surface area contributed by atoms with Gasteiger partial charge in [-0.2, -0.15) is 0 Å². The van der Waals surface area contributed by atoms with Crippen LogP contribution in [0, 0.1) is 11.8 Å². The number of carbonyl (C=O) groups is 1. The zero-order chi connectivity index (χ0) is 15.9. The van der Waals surface area contributed by atoms with Crippen molar-refractivity contribution in [2.24, 2.45) is 11.8 Å². The summed E-state index contributed by atoms with van der Waals surface area (Å²) in [5.74, 6) is -0.689. The second kappa shape index (κ2) is 8.06. The summed E-state index contributed by atoms with van der Waals surface area (Å²) in [4.78, 5) is 15.8. The van der Waals surface area contributed by atoms with E-state index in [2.05, 4.69) is 10.3 Å². The Hall–Kier alpha value is -1.72. The third-order valence-electron chi connectivity index (χ3n) is 3.39. The highest BCUT2D eigenvalue weighted by Crippen LogP contribution is 2.21. The van der Waals surface area contributed by atoms with E-state index in [9.17, 15) is 9.90 Å². The van der Waals surface area contributed by atoms with Gasteiger partial charge in [-0.3, -0.25) is 4.79 Å². The SMILES string of the molecule is CC(C)CC(CNCc1nc(-c2ccccc2)cs1)C(=O)O. The summed E-state index contributed by atoms with van der Waals surface area (Å²) in [6, 6.07) is 10.1. The molecule has 0 aliphatic heterocycles. The molecule has 2 aromatic rings. The normalized spacial score (nSPS) is 12.5. The van der Waals surface area contributed by atoms with E-state index >= 15 is 0 Å². The molecule has 1 aromatic carbocycles. The fraction of sp³-hybridized carbons (Fsp3) is 0.412. The lowest BCUT2D eigenvalue weighted by molar-refractivity contribution is -0.142. The summed E-state index contributed by atoms with van der Waals surface area (Å²) >= 11 is 1.60. The number of carboxylic acid groups (broad SMARTS) is 1. The van der Waals surface area contributed by atoms with Gasteiger partial charge in [-0.25, -0.2) is 4.98 Å². The number of nitrogens with one attached hydrogen (secondary N) is 1. The molecule has 0 bridgehead atoms. The Kier molecular flexibility index (Phi) is 6.10. The molecule has 0 spiro atoms. The third kappa shape index (κ3) is 4.93. The maximum absolute atomic E-state index is 11.2. The molecule has 0 saturated heterocycles. The first-order valence-corrected chi connectivity index (χ1v) is 8.37. The van der Waals surface area contributed by atoms with Crippen LogP contribution in [-0.4, -0.2) is 22.6 Å². The minimum atomic E-state index is -0.731. The number of benzene rings is 1. The highest BCUT2D eigenvalue weighted by molar-refractivity contribution is 7.09. The van der Waals surface area contributed by atoms with Gasteiger partial charge >= 0.3 is 5.97 Å². The molecule has 2 N–H and O–H groups in total. The molecule has 1 heterocycles. The van der Waals surface area contributed by atoms with Gasteiger partial charge in [0, 0.05) is 24.0 Å². The Morgan fingerprint density at radius 2 is 2.05 bits per heavy atom. The molecule has 1 aromatic heterocycles. The van der Waals surface area contributed by atoms with Crippen molar-refractivity contribution in [2.75, 3.05) is 6.54 Å². The third-order valence-corrected chi connectivity index (χ3v) is 4.24. The van der Waals surface area contributed by atoms with Crippen LogP contribution < -0.4 is 5.32 Å². The van der Waals surface area contributed by atoms with E-state index in [1.807, 2.05) is 49.6 Å². The predicted octanol–water partition coefficient (Wildman–Crippen LogP) is 3.65. The van der Waals surface area contributed by atoms with Crippen molar-refractivity contribution < 1.29 is 9.90 Å². The zero-order valence-electron chi connectivity index (χ0n) is 13.0. The first kappa shape index (κ1) is 16.6. The molecule has 0 amide bonds. The molecule has 0 aliphatic rings. The molecular formula is C17H22N2O2S. The molecule has 1 unspecified atom stereocenters. The standard InChI is InChI=1S/C17H22N2O2S/c1-12(2)8-14(17(20)21)9-18-10-16-19-15(11-22-16)13-6-4-3-5-7-13/h3-7,11-12,14,18H,8-10H2,1-2H3,(H,20,21). The Bertz CT molecular complexity index is 596. The molecule has 0 radical (unpaired) electrons. The van der Waals surface area contributed by atoms with Crippen LogP contribution in [0.25, 0.3) is 11.3 Å². The monoisotopic (exact) mass is 318 g/mol. The van der Waals surface area contributed by atoms with Gasteiger partial charge in [0.15, 0.2) is 0 Å². The fourth-order valence-corrected chi connectivity index (χ4v) is 3.10. The summed E-state index contributed by atoms with van der Waals surface area (Å²) < 4.78 is 0. The van der Waals surface area contributed by atoms with Crippen LogP contribution in [-0.2, 0) is 11.3 Å². The lowest BCUT2D eigenvalue weighted by atomic mass is 9.97. The van der Waals surface area contributed by atoms with Crippen LogP contribution in [0.5, 0.6) is 0 Å². The molecule has 22 heavy (non-hydrogen) atoms. The van der Waals surface area contributed by atoms with E-state index in [1.54, 1.807) is 11.3 Å². The summed E-state index contributed by atoms with van der Waals surface area (Å²) in [6.07, 6.45) is 0.690. The van der Waals surface area contributed by atoms with Crippen LogP contribution in [0.1, 0.15) is 25.3 Å². The van der Waals surface area contributed by atoms with E-state index in [0.717, 1.165) is 16.3 Å². The first-order chi connectivity index (χ1) is 10.6. The van der Waals surface area contributed by atoms with Gasteiger partial charge in [-0.05, 0) is 12.3 Å². The Balaban J connectivity index is 1.87. The van der Waals surface area contributed by atoms with E-state index in [0.29, 0.717) is 25.4 Å². The number of nitrogens with zero attached hydrogens (tertiary/aromatic N) is 1. The molecule has 5 heteroatoms. The van der Waals surface area contributed by atoms with Crippen molar-refractivity contribution >= 4 is 17.3 Å². The second-order valence-corrected chi connectivity index (χ2v) is 6.73. The molecule has 4 nitrogen and oxygen atoms in total. The smallest absolute Gasteiger partial charge is 0.307 e. The van der Waals surface area contributed by atoms with E-state index in [4.69, 9.17) is 0 Å². The van der Waals surface area contributed by atoms with Gasteiger partial charge in [-0.1, -0.05) is 44.2 Å². The van der Waals surface area contributed by atoms with Gasteiger partial charge < -0.3 is 10.4 Å². The van der Waals surface area contributed by atoms with Gasteiger partial charge in [0.2, 0.25) is 0 Å². The highest BCUT2D eigenvalue weighted by Gasteiger charge is 2.18. The minimum absolute atomic E-state index is 0.339. The Morgan fingerprint density at radius 3 is 2.68 bits per heavy atom. The van der Waals surface area contributed by atoms with Crippen molar-refractivity contribution in [3.8, 4) is 11.3 Å². The van der Waals surface area contributed by atoms with E-state index in [-0.39, 0.29) is 5.92 Å². The average Bonchev–Trinajstić information content (AvgIpc) is 2.95. The van der Waals surface area contributed by atoms with Crippen LogP contribution in [0.3, 0.4) is 0 Å². The number of aromatic nitrogens is 1. The topological polar surface area (TPSA) is 62.2 Å². The molecule has 1 atom stereocenters. The van der Waals surface area contributed by atoms with E-state index < -0.39 is 5.97 Å². The molecule has 0 saturated carbocycles. The molecule has 2 rings (SSSR count). The van der Waals surface area contributed by atoms with Crippen molar-refractivity contribution in [2.45, 2.75) is 26.8 Å². The summed E-state index contributed by atoms with van der Waals surface area (Å²) in [7, 11) is 0. The number of hydrogen-bond acceptors (Lipinski definition) is 4. The average molecular weight is 318 g/mol. The van der Waals surface area contributed by atoms with Crippen molar-refractivity contribution in [3.05, 3.63) is 40.7 Å². The number of aliphatic carboxylic acids is 1. The van der Waals surface area contributed by atoms with Gasteiger partial charge in [0.1, 0.15) is 5.01 Å². The predicted molar refractivity (Wildman–Crippen MR) is 89.8 cm³/mol. The molecule has 0 fully saturated rings. The number of rotatable bonds is 8. The number of hydrogen-bond donors (Lipinski definition) is 2. The maximum Gasteiger partial charge on any atom is 0.307 e. The Morgan fingerprint density at radius 1 is 1.32 bits per heavy atom. The number of thiazole rings is 1. The van der Waals surface area contributed by atoms with Crippen molar-refractivity contribution in [1.29, 1.82) is 0 Å². The summed E-state index contributed by atoms with van der Waals surface area (Å²) in [6.45, 7) is 5.18.